The zero-order valence-electron chi connectivity index (χ0n) is 7.94. The molecule has 1 aromatic heterocycles. The quantitative estimate of drug-likeness (QED) is 0.738. The van der Waals surface area contributed by atoms with Gasteiger partial charge in [-0.1, -0.05) is 32.9 Å². The topological polar surface area (TPSA) is 26.0 Å². The lowest BCUT2D eigenvalue weighted by atomic mass is 9.87. The van der Waals surface area contributed by atoms with Crippen LogP contribution in [0.3, 0.4) is 0 Å². The van der Waals surface area contributed by atoms with Crippen molar-refractivity contribution in [2.45, 2.75) is 39.5 Å². The molecule has 1 heterocycles. The fourth-order valence-electron chi connectivity index (χ4n) is 1.27. The molecule has 0 aromatic carbocycles. The van der Waals surface area contributed by atoms with Gasteiger partial charge >= 0.3 is 0 Å². The Morgan fingerprint density at radius 2 is 2.00 bits per heavy atom. The fraction of sp³-hybridized carbons (Fsp3) is 0.667. The lowest BCUT2D eigenvalue weighted by molar-refractivity contribution is 0.388. The van der Waals surface area contributed by atoms with Gasteiger partial charge in [0.15, 0.2) is 3.77 Å². The van der Waals surface area contributed by atoms with E-state index in [9.17, 15) is 0 Å². The Labute approximate surface area is 86.8 Å². The van der Waals surface area contributed by atoms with Crippen molar-refractivity contribution < 1.29 is 4.52 Å². The Morgan fingerprint density at radius 1 is 1.42 bits per heavy atom. The summed E-state index contributed by atoms with van der Waals surface area (Å²) in [6.07, 6.45) is 0.944. The molecule has 0 fully saturated rings. The molecule has 0 aliphatic carbocycles. The molecule has 0 radical (unpaired) electrons. The highest BCUT2D eigenvalue weighted by Crippen LogP contribution is 2.30. The third kappa shape index (κ3) is 1.81. The number of hydrogen-bond donors (Lipinski definition) is 0. The highest BCUT2D eigenvalue weighted by molar-refractivity contribution is 14.1. The van der Waals surface area contributed by atoms with E-state index in [-0.39, 0.29) is 5.41 Å². The molecule has 0 unspecified atom stereocenters. The summed E-state index contributed by atoms with van der Waals surface area (Å²) in [5.41, 5.74) is 2.49. The highest BCUT2D eigenvalue weighted by Gasteiger charge is 2.24. The first-order valence-corrected chi connectivity index (χ1v) is 5.19. The minimum absolute atomic E-state index is 0.141. The van der Waals surface area contributed by atoms with Crippen LogP contribution < -0.4 is 0 Å². The van der Waals surface area contributed by atoms with E-state index in [2.05, 4.69) is 55.4 Å². The van der Waals surface area contributed by atoms with E-state index in [1.54, 1.807) is 0 Å². The maximum absolute atomic E-state index is 5.15. The number of halogens is 1. The molecule has 0 spiro atoms. The molecule has 0 saturated carbocycles. The molecule has 0 amide bonds. The summed E-state index contributed by atoms with van der Waals surface area (Å²) < 4.78 is 6.08. The molecule has 0 bridgehead atoms. The van der Waals surface area contributed by atoms with Crippen molar-refractivity contribution in [1.82, 2.24) is 5.16 Å². The van der Waals surface area contributed by atoms with Crippen LogP contribution in [0, 0.1) is 3.77 Å². The zero-order valence-corrected chi connectivity index (χ0v) is 10.1. The van der Waals surface area contributed by atoms with Crippen molar-refractivity contribution in [2.75, 3.05) is 0 Å². The van der Waals surface area contributed by atoms with E-state index < -0.39 is 0 Å². The average molecular weight is 279 g/mol. The van der Waals surface area contributed by atoms with Crippen LogP contribution in [0.2, 0.25) is 0 Å². The monoisotopic (exact) mass is 279 g/mol. The molecule has 2 nitrogen and oxygen atoms in total. The van der Waals surface area contributed by atoms with Gasteiger partial charge in [-0.2, -0.15) is 0 Å². The first-order valence-electron chi connectivity index (χ1n) is 4.11. The van der Waals surface area contributed by atoms with E-state index in [1.807, 2.05) is 0 Å². The first-order chi connectivity index (χ1) is 5.46. The first kappa shape index (κ1) is 10.0. The van der Waals surface area contributed by atoms with Gasteiger partial charge in [-0.25, -0.2) is 0 Å². The van der Waals surface area contributed by atoms with Crippen LogP contribution in [0.25, 0.3) is 0 Å². The Balaban J connectivity index is 3.19. The molecule has 12 heavy (non-hydrogen) atoms. The van der Waals surface area contributed by atoms with Crippen LogP contribution in [0.4, 0.5) is 0 Å². The number of aryl methyl sites for hydroxylation is 1. The summed E-state index contributed by atoms with van der Waals surface area (Å²) in [5, 5.41) is 4.02. The van der Waals surface area contributed by atoms with Gasteiger partial charge in [0, 0.05) is 28.2 Å². The SMILES string of the molecule is CCc1noc(I)c1C(C)(C)C. The second-order valence-electron chi connectivity index (χ2n) is 3.88. The summed E-state index contributed by atoms with van der Waals surface area (Å²) in [6.45, 7) is 8.64. The summed E-state index contributed by atoms with van der Waals surface area (Å²) in [4.78, 5) is 0. The van der Waals surface area contributed by atoms with Gasteiger partial charge in [0.2, 0.25) is 0 Å². The summed E-state index contributed by atoms with van der Waals surface area (Å²) >= 11 is 2.20. The predicted molar refractivity (Wildman–Crippen MR) is 57.3 cm³/mol. The van der Waals surface area contributed by atoms with Gasteiger partial charge in [-0.05, 0) is 11.8 Å². The molecule has 1 aromatic rings. The third-order valence-electron chi connectivity index (χ3n) is 1.81. The normalized spacial score (nSPS) is 12.1. The Hall–Kier alpha value is -0.0600. The van der Waals surface area contributed by atoms with Crippen LogP contribution in [0.5, 0.6) is 0 Å². The van der Waals surface area contributed by atoms with Crippen molar-refractivity contribution in [3.8, 4) is 0 Å². The third-order valence-corrected chi connectivity index (χ3v) is 2.54. The van der Waals surface area contributed by atoms with E-state index in [0.29, 0.717) is 0 Å². The second-order valence-corrected chi connectivity index (χ2v) is 4.86. The molecule has 0 saturated heterocycles. The second kappa shape index (κ2) is 3.36. The Morgan fingerprint density at radius 3 is 2.33 bits per heavy atom. The zero-order chi connectivity index (χ0) is 9.35. The maximum atomic E-state index is 5.15. The van der Waals surface area contributed by atoms with Crippen LogP contribution in [-0.2, 0) is 11.8 Å². The van der Waals surface area contributed by atoms with E-state index in [4.69, 9.17) is 4.52 Å². The molecular weight excluding hydrogens is 265 g/mol. The standard InChI is InChI=1S/C9H14INO/c1-5-6-7(9(2,3)4)8(10)12-11-6/h5H2,1-4H3. The maximum Gasteiger partial charge on any atom is 0.200 e. The molecular formula is C9H14INO. The molecule has 0 N–H and O–H groups in total. The molecule has 0 aliphatic heterocycles. The van der Waals surface area contributed by atoms with Gasteiger partial charge in [0.1, 0.15) is 0 Å². The fourth-order valence-corrected chi connectivity index (χ4v) is 2.49. The van der Waals surface area contributed by atoms with Crippen molar-refractivity contribution in [1.29, 1.82) is 0 Å². The lowest BCUT2D eigenvalue weighted by Gasteiger charge is -2.17. The molecule has 68 valence electrons. The van der Waals surface area contributed by atoms with Crippen LogP contribution in [0.1, 0.15) is 39.0 Å². The molecule has 1 rings (SSSR count). The number of hydrogen-bond acceptors (Lipinski definition) is 2. The largest absolute Gasteiger partial charge is 0.350 e. The van der Waals surface area contributed by atoms with Crippen molar-refractivity contribution >= 4 is 22.6 Å². The minimum atomic E-state index is 0.141. The van der Waals surface area contributed by atoms with Crippen molar-refractivity contribution in [3.63, 3.8) is 0 Å². The van der Waals surface area contributed by atoms with Gasteiger partial charge in [0.25, 0.3) is 0 Å². The number of rotatable bonds is 1. The highest BCUT2D eigenvalue weighted by atomic mass is 127. The minimum Gasteiger partial charge on any atom is -0.350 e. The Kier molecular flexibility index (Phi) is 2.81. The van der Waals surface area contributed by atoms with Crippen LogP contribution in [0.15, 0.2) is 4.52 Å². The van der Waals surface area contributed by atoms with Gasteiger partial charge in [-0.15, -0.1) is 0 Å². The average Bonchev–Trinajstić information content (AvgIpc) is 2.29. The molecule has 0 atom stereocenters. The van der Waals surface area contributed by atoms with E-state index in [0.717, 1.165) is 15.9 Å². The number of nitrogens with zero attached hydrogens (tertiary/aromatic N) is 1. The van der Waals surface area contributed by atoms with Crippen LogP contribution >= 0.6 is 22.6 Å². The lowest BCUT2D eigenvalue weighted by Crippen LogP contribution is -2.14. The number of aromatic nitrogens is 1. The van der Waals surface area contributed by atoms with Gasteiger partial charge in [0.05, 0.1) is 5.69 Å². The van der Waals surface area contributed by atoms with E-state index >= 15 is 0 Å². The van der Waals surface area contributed by atoms with Gasteiger partial charge < -0.3 is 4.52 Å². The summed E-state index contributed by atoms with van der Waals surface area (Å²) in [5.74, 6) is 0. The van der Waals surface area contributed by atoms with E-state index in [1.165, 1.54) is 5.56 Å². The summed E-state index contributed by atoms with van der Waals surface area (Å²) in [7, 11) is 0. The van der Waals surface area contributed by atoms with Crippen molar-refractivity contribution in [3.05, 3.63) is 15.0 Å². The smallest absolute Gasteiger partial charge is 0.200 e. The van der Waals surface area contributed by atoms with Crippen molar-refractivity contribution in [2.24, 2.45) is 0 Å². The predicted octanol–water partition coefficient (Wildman–Crippen LogP) is 3.14. The van der Waals surface area contributed by atoms with Gasteiger partial charge in [-0.3, -0.25) is 0 Å². The van der Waals surface area contributed by atoms with Crippen LogP contribution in [-0.4, -0.2) is 5.16 Å². The molecule has 3 heteroatoms. The summed E-state index contributed by atoms with van der Waals surface area (Å²) in [6, 6.07) is 0. The Bertz CT molecular complexity index is 273. The molecule has 0 aliphatic rings.